The van der Waals surface area contributed by atoms with Gasteiger partial charge < -0.3 is 9.47 Å². The Kier molecular flexibility index (Phi) is 9.09. The zero-order valence-corrected chi connectivity index (χ0v) is 24.7. The van der Waals surface area contributed by atoms with E-state index in [2.05, 4.69) is 50.6 Å². The number of benzene rings is 2. The van der Waals surface area contributed by atoms with Crippen LogP contribution < -0.4 is 14.2 Å². The van der Waals surface area contributed by atoms with E-state index in [1.54, 1.807) is 43.0 Å². The summed E-state index contributed by atoms with van der Waals surface area (Å²) in [6.07, 6.45) is 7.71. The molecule has 0 aliphatic carbocycles. The summed E-state index contributed by atoms with van der Waals surface area (Å²) in [5.74, 6) is 0.378. The SMILES string of the molecule is Cc1ccc(-c2c(NS(=O)(=O)/C=C\c3ccccc3)nc(-c3ncccn3)nc2OCCOc2ncc(Br)cn2)cc1. The number of aromatic nitrogens is 6. The Morgan fingerprint density at radius 3 is 2.24 bits per heavy atom. The lowest BCUT2D eigenvalue weighted by Crippen LogP contribution is -2.16. The summed E-state index contributed by atoms with van der Waals surface area (Å²) < 4.78 is 41.4. The summed E-state index contributed by atoms with van der Waals surface area (Å²) in [4.78, 5) is 25.7. The number of sulfonamides is 1. The second-order valence-electron chi connectivity index (χ2n) is 8.76. The first kappa shape index (κ1) is 28.8. The van der Waals surface area contributed by atoms with E-state index < -0.39 is 10.0 Å². The van der Waals surface area contributed by atoms with Crippen molar-refractivity contribution in [1.82, 2.24) is 29.9 Å². The number of rotatable bonds is 11. The summed E-state index contributed by atoms with van der Waals surface area (Å²) in [6, 6.07) is 18.4. The third-order valence-electron chi connectivity index (χ3n) is 5.61. The van der Waals surface area contributed by atoms with E-state index in [1.165, 1.54) is 6.08 Å². The standard InChI is InChI=1S/C29H24BrN7O4S/c1-20-8-10-22(11-9-20)24-25(37-42(38,39)17-12-21-6-3-2-4-7-21)35-27(26-31-13-5-14-32-26)36-28(24)40-15-16-41-29-33-18-23(30)19-34-29/h2-14,17-19H,15-16H2,1H3,(H,35,36,37)/b17-12-. The number of ether oxygens (including phenoxy) is 2. The summed E-state index contributed by atoms with van der Waals surface area (Å²) in [5.41, 5.74) is 2.72. The van der Waals surface area contributed by atoms with Gasteiger partial charge in [0, 0.05) is 24.8 Å². The minimum absolute atomic E-state index is 0.00109. The van der Waals surface area contributed by atoms with Gasteiger partial charge in [-0.25, -0.2) is 33.3 Å². The monoisotopic (exact) mass is 645 g/mol. The van der Waals surface area contributed by atoms with E-state index in [1.807, 2.05) is 49.4 Å². The van der Waals surface area contributed by atoms with Crippen LogP contribution in [0.25, 0.3) is 28.9 Å². The van der Waals surface area contributed by atoms with Crippen LogP contribution in [-0.4, -0.2) is 51.5 Å². The highest BCUT2D eigenvalue weighted by Crippen LogP contribution is 2.37. The molecule has 42 heavy (non-hydrogen) atoms. The Morgan fingerprint density at radius 2 is 1.52 bits per heavy atom. The fourth-order valence-electron chi connectivity index (χ4n) is 3.66. The molecule has 1 N–H and O–H groups in total. The minimum atomic E-state index is -4.01. The van der Waals surface area contributed by atoms with Crippen LogP contribution in [0.1, 0.15) is 11.1 Å². The molecule has 11 nitrogen and oxygen atoms in total. The maximum atomic E-state index is 13.2. The van der Waals surface area contributed by atoms with Crippen LogP contribution in [-0.2, 0) is 10.0 Å². The van der Waals surface area contributed by atoms with Gasteiger partial charge >= 0.3 is 6.01 Å². The molecule has 3 heterocycles. The summed E-state index contributed by atoms with van der Waals surface area (Å²) >= 11 is 3.28. The van der Waals surface area contributed by atoms with Crippen LogP contribution in [0.4, 0.5) is 5.82 Å². The van der Waals surface area contributed by atoms with Crippen LogP contribution in [0.3, 0.4) is 0 Å². The molecule has 0 saturated heterocycles. The molecule has 3 aromatic heterocycles. The third-order valence-corrected chi connectivity index (χ3v) is 6.99. The van der Waals surface area contributed by atoms with Crippen LogP contribution >= 0.6 is 15.9 Å². The molecule has 0 bridgehead atoms. The van der Waals surface area contributed by atoms with E-state index >= 15 is 0 Å². The average Bonchev–Trinajstić information content (AvgIpc) is 3.00. The van der Waals surface area contributed by atoms with Crippen molar-refractivity contribution in [3.8, 4) is 34.7 Å². The lowest BCUT2D eigenvalue weighted by Gasteiger charge is -2.16. The fourth-order valence-corrected chi connectivity index (χ4v) is 4.69. The normalized spacial score (nSPS) is 11.4. The first-order valence-electron chi connectivity index (χ1n) is 12.6. The number of hydrogen-bond acceptors (Lipinski definition) is 10. The topological polar surface area (TPSA) is 142 Å². The van der Waals surface area contributed by atoms with Gasteiger partial charge in [-0.2, -0.15) is 4.98 Å². The van der Waals surface area contributed by atoms with Crippen LogP contribution in [0.5, 0.6) is 11.9 Å². The molecule has 13 heteroatoms. The van der Waals surface area contributed by atoms with Gasteiger partial charge in [-0.05, 0) is 46.1 Å². The summed E-state index contributed by atoms with van der Waals surface area (Å²) in [5, 5.41) is 1.08. The predicted octanol–water partition coefficient (Wildman–Crippen LogP) is 5.33. The Bertz CT molecular complexity index is 1770. The first-order valence-corrected chi connectivity index (χ1v) is 15.0. The fraction of sp³-hybridized carbons (Fsp3) is 0.103. The quantitative estimate of drug-likeness (QED) is 0.187. The predicted molar refractivity (Wildman–Crippen MR) is 162 cm³/mol. The van der Waals surface area contributed by atoms with Gasteiger partial charge in [0.05, 0.1) is 15.4 Å². The molecular weight excluding hydrogens is 622 g/mol. The highest BCUT2D eigenvalue weighted by Gasteiger charge is 2.22. The van der Waals surface area contributed by atoms with Crippen molar-refractivity contribution < 1.29 is 17.9 Å². The molecule has 0 radical (unpaired) electrons. The molecule has 0 aliphatic heterocycles. The van der Waals surface area contributed by atoms with E-state index in [-0.39, 0.29) is 42.6 Å². The van der Waals surface area contributed by atoms with Gasteiger partial charge in [0.1, 0.15) is 13.2 Å². The number of nitrogens with zero attached hydrogens (tertiary/aromatic N) is 6. The van der Waals surface area contributed by atoms with Crippen molar-refractivity contribution in [3.63, 3.8) is 0 Å². The van der Waals surface area contributed by atoms with Gasteiger partial charge in [0.2, 0.25) is 11.7 Å². The zero-order valence-electron chi connectivity index (χ0n) is 22.3. The Labute approximate surface area is 251 Å². The molecule has 0 atom stereocenters. The third kappa shape index (κ3) is 7.71. The smallest absolute Gasteiger partial charge is 0.316 e. The van der Waals surface area contributed by atoms with Crippen LogP contribution in [0.2, 0.25) is 0 Å². The molecular formula is C29H24BrN7O4S. The molecule has 0 aliphatic rings. The molecule has 0 spiro atoms. The Hall–Kier alpha value is -4.75. The number of halogens is 1. The lowest BCUT2D eigenvalue weighted by atomic mass is 10.1. The van der Waals surface area contributed by atoms with Gasteiger partial charge in [0.15, 0.2) is 11.6 Å². The van der Waals surface area contributed by atoms with Gasteiger partial charge in [-0.15, -0.1) is 0 Å². The largest absolute Gasteiger partial charge is 0.473 e. The van der Waals surface area contributed by atoms with Crippen molar-refractivity contribution >= 4 is 37.8 Å². The minimum Gasteiger partial charge on any atom is -0.473 e. The highest BCUT2D eigenvalue weighted by molar-refractivity contribution is 9.10. The van der Waals surface area contributed by atoms with Crippen molar-refractivity contribution in [2.45, 2.75) is 6.92 Å². The van der Waals surface area contributed by atoms with E-state index in [0.29, 0.717) is 11.1 Å². The molecule has 0 saturated carbocycles. The second kappa shape index (κ2) is 13.3. The first-order chi connectivity index (χ1) is 20.4. The van der Waals surface area contributed by atoms with Crippen molar-refractivity contribution in [3.05, 3.63) is 106 Å². The second-order valence-corrected chi connectivity index (χ2v) is 11.2. The van der Waals surface area contributed by atoms with E-state index in [4.69, 9.17) is 9.47 Å². The maximum Gasteiger partial charge on any atom is 0.316 e. The molecule has 5 aromatic rings. The van der Waals surface area contributed by atoms with Crippen molar-refractivity contribution in [2.75, 3.05) is 17.9 Å². The maximum absolute atomic E-state index is 13.2. The van der Waals surface area contributed by atoms with E-state index in [0.717, 1.165) is 21.0 Å². The molecule has 0 amide bonds. The van der Waals surface area contributed by atoms with Crippen LogP contribution in [0, 0.1) is 6.92 Å². The van der Waals surface area contributed by atoms with Gasteiger partial charge in [-0.1, -0.05) is 60.2 Å². The molecule has 0 unspecified atom stereocenters. The van der Waals surface area contributed by atoms with E-state index in [9.17, 15) is 8.42 Å². The number of anilines is 1. The zero-order chi connectivity index (χ0) is 29.4. The van der Waals surface area contributed by atoms with Crippen molar-refractivity contribution in [2.24, 2.45) is 0 Å². The van der Waals surface area contributed by atoms with Crippen molar-refractivity contribution in [1.29, 1.82) is 0 Å². The molecule has 5 rings (SSSR count). The molecule has 212 valence electrons. The Balaban J connectivity index is 1.53. The summed E-state index contributed by atoms with van der Waals surface area (Å²) in [6.45, 7) is 2.09. The summed E-state index contributed by atoms with van der Waals surface area (Å²) in [7, 11) is -4.01. The lowest BCUT2D eigenvalue weighted by molar-refractivity contribution is 0.202. The number of aryl methyl sites for hydroxylation is 1. The number of hydrogen-bond donors (Lipinski definition) is 1. The highest BCUT2D eigenvalue weighted by atomic mass is 79.9. The van der Waals surface area contributed by atoms with Gasteiger partial charge in [0.25, 0.3) is 10.0 Å². The molecule has 0 fully saturated rings. The average molecular weight is 647 g/mol. The van der Waals surface area contributed by atoms with Crippen LogP contribution in [0.15, 0.2) is 95.3 Å². The molecule has 2 aromatic carbocycles. The number of nitrogens with one attached hydrogen (secondary N) is 1. The van der Waals surface area contributed by atoms with Gasteiger partial charge in [-0.3, -0.25) is 4.72 Å². The Morgan fingerprint density at radius 1 is 0.833 bits per heavy atom.